The van der Waals surface area contributed by atoms with Crippen molar-refractivity contribution in [2.24, 2.45) is 5.92 Å². The van der Waals surface area contributed by atoms with E-state index in [9.17, 15) is 4.79 Å². The number of hydrogen-bond acceptors (Lipinski definition) is 4. The van der Waals surface area contributed by atoms with Gasteiger partial charge in [-0.25, -0.2) is 4.98 Å². The van der Waals surface area contributed by atoms with Crippen molar-refractivity contribution < 1.29 is 4.79 Å². The Bertz CT molecular complexity index is 431. The van der Waals surface area contributed by atoms with Gasteiger partial charge in [0.2, 0.25) is 5.91 Å². The molecule has 0 aliphatic carbocycles. The van der Waals surface area contributed by atoms with Crippen LogP contribution in [0.15, 0.2) is 18.3 Å². The van der Waals surface area contributed by atoms with Crippen molar-refractivity contribution >= 4 is 30.0 Å². The molecule has 1 saturated heterocycles. The molecule has 104 valence electrons. The number of carbonyl (C=O) groups is 1. The van der Waals surface area contributed by atoms with Gasteiger partial charge in [0, 0.05) is 26.1 Å². The molecule has 1 aromatic rings. The molecule has 1 aromatic heterocycles. The van der Waals surface area contributed by atoms with E-state index in [4.69, 9.17) is 0 Å². The van der Waals surface area contributed by atoms with Gasteiger partial charge in [0.05, 0.1) is 11.9 Å². The zero-order valence-corrected chi connectivity index (χ0v) is 12.4. The molecule has 1 amide bonds. The topological polar surface area (TPSA) is 36.4 Å². The molecule has 1 atom stereocenters. The highest BCUT2D eigenvalue weighted by atomic mass is 32.1. The van der Waals surface area contributed by atoms with Gasteiger partial charge < -0.3 is 9.80 Å². The van der Waals surface area contributed by atoms with Crippen LogP contribution in [0.25, 0.3) is 0 Å². The lowest BCUT2D eigenvalue weighted by Gasteiger charge is -2.21. The summed E-state index contributed by atoms with van der Waals surface area (Å²) >= 11 is 4.28. The fourth-order valence-corrected chi connectivity index (χ4v) is 2.67. The summed E-state index contributed by atoms with van der Waals surface area (Å²) in [7, 11) is 0. The van der Waals surface area contributed by atoms with Crippen molar-refractivity contribution in [3.63, 3.8) is 0 Å². The maximum absolute atomic E-state index is 11.9. The number of pyridine rings is 1. The first-order valence-corrected chi connectivity index (χ1v) is 7.45. The minimum atomic E-state index is 0.177. The predicted octanol–water partition coefficient (Wildman–Crippen LogP) is 2.21. The van der Waals surface area contributed by atoms with Gasteiger partial charge in [0.25, 0.3) is 0 Å². The number of thiol groups is 1. The molecule has 4 nitrogen and oxygen atoms in total. The fraction of sp³-hybridized carbons (Fsp3) is 0.571. The van der Waals surface area contributed by atoms with E-state index in [1.54, 1.807) is 6.20 Å². The molecule has 0 spiro atoms. The van der Waals surface area contributed by atoms with E-state index in [-0.39, 0.29) is 5.91 Å². The molecule has 1 aliphatic heterocycles. The van der Waals surface area contributed by atoms with Crippen LogP contribution in [-0.2, 0) is 4.79 Å². The highest BCUT2D eigenvalue weighted by molar-refractivity contribution is 7.80. The highest BCUT2D eigenvalue weighted by Crippen LogP contribution is 2.26. The van der Waals surface area contributed by atoms with E-state index in [2.05, 4.69) is 36.4 Å². The molecule has 1 unspecified atom stereocenters. The van der Waals surface area contributed by atoms with Crippen LogP contribution in [-0.4, -0.2) is 36.3 Å². The fourth-order valence-electron chi connectivity index (χ4n) is 2.43. The lowest BCUT2D eigenvalue weighted by atomic mass is 10.1. The summed E-state index contributed by atoms with van der Waals surface area (Å²) in [6.45, 7) is 6.86. The highest BCUT2D eigenvalue weighted by Gasteiger charge is 2.29. The minimum absolute atomic E-state index is 0.177. The second-order valence-electron chi connectivity index (χ2n) is 4.80. The van der Waals surface area contributed by atoms with Crippen molar-refractivity contribution in [1.29, 1.82) is 0 Å². The summed E-state index contributed by atoms with van der Waals surface area (Å²) in [4.78, 5) is 20.4. The first-order chi connectivity index (χ1) is 9.19. The number of rotatable bonds is 5. The van der Waals surface area contributed by atoms with Gasteiger partial charge in [-0.3, -0.25) is 4.79 Å². The van der Waals surface area contributed by atoms with Crippen LogP contribution in [0.4, 0.5) is 11.5 Å². The van der Waals surface area contributed by atoms with Gasteiger partial charge in [-0.05, 0) is 37.7 Å². The lowest BCUT2D eigenvalue weighted by molar-refractivity contribution is -0.117. The van der Waals surface area contributed by atoms with Gasteiger partial charge in [-0.1, -0.05) is 0 Å². The normalized spacial score (nSPS) is 19.0. The van der Waals surface area contributed by atoms with Crippen LogP contribution >= 0.6 is 12.6 Å². The number of aromatic nitrogens is 1. The molecule has 0 radical (unpaired) electrons. The predicted molar refractivity (Wildman–Crippen MR) is 82.1 cm³/mol. The van der Waals surface area contributed by atoms with E-state index in [0.29, 0.717) is 12.3 Å². The number of hydrogen-bond donors (Lipinski definition) is 1. The molecule has 0 aromatic carbocycles. The monoisotopic (exact) mass is 279 g/mol. The molecule has 5 heteroatoms. The summed E-state index contributed by atoms with van der Waals surface area (Å²) < 4.78 is 0. The molecular formula is C14H21N3OS. The Hall–Kier alpha value is -1.23. The minimum Gasteiger partial charge on any atom is -0.357 e. The van der Waals surface area contributed by atoms with Gasteiger partial charge in [-0.2, -0.15) is 12.6 Å². The zero-order valence-electron chi connectivity index (χ0n) is 11.5. The van der Waals surface area contributed by atoms with Crippen LogP contribution in [0, 0.1) is 5.92 Å². The Labute approximate surface area is 120 Å². The van der Waals surface area contributed by atoms with Crippen LogP contribution in [0.3, 0.4) is 0 Å². The van der Waals surface area contributed by atoms with E-state index in [1.807, 2.05) is 17.0 Å². The van der Waals surface area contributed by atoms with Crippen molar-refractivity contribution in [3.8, 4) is 0 Å². The van der Waals surface area contributed by atoms with Crippen molar-refractivity contribution in [2.75, 3.05) is 35.2 Å². The van der Waals surface area contributed by atoms with Crippen LogP contribution < -0.4 is 9.80 Å². The number of anilines is 2. The summed E-state index contributed by atoms with van der Waals surface area (Å²) in [6.07, 6.45) is 2.40. The summed E-state index contributed by atoms with van der Waals surface area (Å²) in [6, 6.07) is 3.98. The molecule has 1 fully saturated rings. The second kappa shape index (κ2) is 6.28. The van der Waals surface area contributed by atoms with Crippen LogP contribution in [0.1, 0.15) is 20.3 Å². The molecule has 1 aliphatic rings. The Kier molecular flexibility index (Phi) is 4.69. The molecular weight excluding hydrogens is 258 g/mol. The standard InChI is InChI=1S/C14H21N3OS/c1-3-16(4-2)13-6-5-12(8-15-13)17-9-11(10-19)7-14(17)18/h5-6,8,11,19H,3-4,7,9-10H2,1-2H3. The van der Waals surface area contributed by atoms with E-state index < -0.39 is 0 Å². The third-order valence-electron chi connectivity index (χ3n) is 3.59. The van der Waals surface area contributed by atoms with Gasteiger partial charge in [-0.15, -0.1) is 0 Å². The molecule has 0 bridgehead atoms. The maximum Gasteiger partial charge on any atom is 0.227 e. The number of carbonyl (C=O) groups excluding carboxylic acids is 1. The van der Waals surface area contributed by atoms with Crippen molar-refractivity contribution in [3.05, 3.63) is 18.3 Å². The molecule has 0 N–H and O–H groups in total. The first-order valence-electron chi connectivity index (χ1n) is 6.81. The van der Waals surface area contributed by atoms with Crippen LogP contribution in [0.5, 0.6) is 0 Å². The smallest absolute Gasteiger partial charge is 0.227 e. The van der Waals surface area contributed by atoms with E-state index in [0.717, 1.165) is 36.9 Å². The third-order valence-corrected chi connectivity index (χ3v) is 4.11. The quantitative estimate of drug-likeness (QED) is 0.840. The average molecular weight is 279 g/mol. The molecule has 19 heavy (non-hydrogen) atoms. The van der Waals surface area contributed by atoms with Gasteiger partial charge in [0.1, 0.15) is 5.82 Å². The first kappa shape index (κ1) is 14.2. The third kappa shape index (κ3) is 3.03. The lowest BCUT2D eigenvalue weighted by Crippen LogP contribution is -2.26. The Balaban J connectivity index is 2.12. The molecule has 0 saturated carbocycles. The Morgan fingerprint density at radius 2 is 2.16 bits per heavy atom. The SMILES string of the molecule is CCN(CC)c1ccc(N2CC(CS)CC2=O)cn1. The Morgan fingerprint density at radius 1 is 1.42 bits per heavy atom. The number of amides is 1. The van der Waals surface area contributed by atoms with Gasteiger partial charge in [0.15, 0.2) is 0 Å². The summed E-state index contributed by atoms with van der Waals surface area (Å²) in [5.74, 6) is 2.26. The van der Waals surface area contributed by atoms with Crippen molar-refractivity contribution in [1.82, 2.24) is 4.98 Å². The van der Waals surface area contributed by atoms with E-state index >= 15 is 0 Å². The summed E-state index contributed by atoms with van der Waals surface area (Å²) in [5, 5.41) is 0. The maximum atomic E-state index is 11.9. The average Bonchev–Trinajstić information content (AvgIpc) is 2.82. The van der Waals surface area contributed by atoms with Crippen LogP contribution in [0.2, 0.25) is 0 Å². The number of nitrogens with zero attached hydrogens (tertiary/aromatic N) is 3. The zero-order chi connectivity index (χ0) is 13.8. The second-order valence-corrected chi connectivity index (χ2v) is 5.17. The van der Waals surface area contributed by atoms with Gasteiger partial charge >= 0.3 is 0 Å². The van der Waals surface area contributed by atoms with Crippen molar-refractivity contribution in [2.45, 2.75) is 20.3 Å². The molecule has 2 rings (SSSR count). The molecule has 2 heterocycles. The van der Waals surface area contributed by atoms with E-state index in [1.165, 1.54) is 0 Å². The summed E-state index contributed by atoms with van der Waals surface area (Å²) in [5.41, 5.74) is 0.894. The largest absolute Gasteiger partial charge is 0.357 e. The Morgan fingerprint density at radius 3 is 2.63 bits per heavy atom.